The summed E-state index contributed by atoms with van der Waals surface area (Å²) in [5.41, 5.74) is 6.42. The molecule has 0 N–H and O–H groups in total. The van der Waals surface area contributed by atoms with Crippen LogP contribution in [0.2, 0.25) is 0 Å². The average Bonchev–Trinajstić information content (AvgIpc) is 2.74. The molecule has 5 rings (SSSR count). The molecule has 0 unspecified atom stereocenters. The third-order valence-corrected chi connectivity index (χ3v) is 4.72. The summed E-state index contributed by atoms with van der Waals surface area (Å²) in [6, 6.07) is 31.4. The minimum absolute atomic E-state index is 0.952. The summed E-state index contributed by atoms with van der Waals surface area (Å²) in [5.74, 6) is 0. The van der Waals surface area contributed by atoms with Crippen molar-refractivity contribution in [3.8, 4) is 22.4 Å². The van der Waals surface area contributed by atoms with Crippen molar-refractivity contribution in [3.63, 3.8) is 0 Å². The van der Waals surface area contributed by atoms with E-state index in [2.05, 4.69) is 83.8 Å². The first kappa shape index (κ1) is 14.8. The Kier molecular flexibility index (Phi) is 3.46. The summed E-state index contributed by atoms with van der Waals surface area (Å²) < 4.78 is 0. The number of hydrogen-bond donors (Lipinski definition) is 0. The van der Waals surface area contributed by atoms with E-state index < -0.39 is 0 Å². The molecule has 0 spiro atoms. The van der Waals surface area contributed by atoms with E-state index in [1.54, 1.807) is 0 Å². The molecule has 2 aromatic heterocycles. The molecule has 3 aromatic carbocycles. The van der Waals surface area contributed by atoms with Crippen LogP contribution in [0.3, 0.4) is 0 Å². The number of fused-ring (bicyclic) bond motifs is 3. The monoisotopic (exact) mass is 332 g/mol. The highest BCUT2D eigenvalue weighted by Gasteiger charge is 2.06. The Balaban J connectivity index is 1.61. The molecule has 0 radical (unpaired) electrons. The zero-order chi connectivity index (χ0) is 17.3. The largest absolute Gasteiger partial charge is 0.254 e. The summed E-state index contributed by atoms with van der Waals surface area (Å²) >= 11 is 0. The highest BCUT2D eigenvalue weighted by Crippen LogP contribution is 2.27. The van der Waals surface area contributed by atoms with Gasteiger partial charge in [-0.25, -0.2) is 4.98 Å². The maximum Gasteiger partial charge on any atom is 0.0972 e. The number of hydrogen-bond acceptors (Lipinski definition) is 2. The smallest absolute Gasteiger partial charge is 0.0972 e. The van der Waals surface area contributed by atoms with E-state index >= 15 is 0 Å². The van der Waals surface area contributed by atoms with Crippen LogP contribution in [0.1, 0.15) is 0 Å². The van der Waals surface area contributed by atoms with E-state index in [0.29, 0.717) is 0 Å². The van der Waals surface area contributed by atoms with E-state index in [1.165, 1.54) is 11.1 Å². The molecule has 2 heteroatoms. The summed E-state index contributed by atoms with van der Waals surface area (Å²) in [5, 5.41) is 2.23. The fourth-order valence-electron chi connectivity index (χ4n) is 3.35. The predicted molar refractivity (Wildman–Crippen MR) is 108 cm³/mol. The molecule has 122 valence electrons. The molecule has 0 amide bonds. The third kappa shape index (κ3) is 2.52. The molecule has 0 saturated carbocycles. The Hall–Kier alpha value is -3.52. The minimum atomic E-state index is 0.952. The first-order valence-corrected chi connectivity index (χ1v) is 8.69. The lowest BCUT2D eigenvalue weighted by Gasteiger charge is -2.07. The average molecular weight is 332 g/mol. The van der Waals surface area contributed by atoms with Gasteiger partial charge in [0, 0.05) is 22.5 Å². The van der Waals surface area contributed by atoms with Crippen molar-refractivity contribution in [3.05, 3.63) is 97.2 Å². The third-order valence-electron chi connectivity index (χ3n) is 4.72. The summed E-state index contributed by atoms with van der Waals surface area (Å²) in [7, 11) is 0. The zero-order valence-corrected chi connectivity index (χ0v) is 14.1. The fraction of sp³-hybridized carbons (Fsp3) is 0. The quantitative estimate of drug-likeness (QED) is 0.364. The van der Waals surface area contributed by atoms with E-state index in [-0.39, 0.29) is 0 Å². The van der Waals surface area contributed by atoms with Crippen LogP contribution in [-0.4, -0.2) is 9.97 Å². The van der Waals surface area contributed by atoms with Crippen LogP contribution in [0, 0.1) is 0 Å². The van der Waals surface area contributed by atoms with Crippen LogP contribution in [0.25, 0.3) is 44.2 Å². The number of rotatable bonds is 2. The lowest BCUT2D eigenvalue weighted by atomic mass is 10.0. The Morgan fingerprint density at radius 2 is 1.12 bits per heavy atom. The van der Waals surface area contributed by atoms with Crippen molar-refractivity contribution in [2.45, 2.75) is 0 Å². The lowest BCUT2D eigenvalue weighted by molar-refractivity contribution is 1.37. The van der Waals surface area contributed by atoms with Gasteiger partial charge in [-0.05, 0) is 23.3 Å². The second-order valence-electron chi connectivity index (χ2n) is 6.35. The van der Waals surface area contributed by atoms with Crippen molar-refractivity contribution in [1.82, 2.24) is 9.97 Å². The van der Waals surface area contributed by atoms with Crippen molar-refractivity contribution >= 4 is 21.8 Å². The van der Waals surface area contributed by atoms with Gasteiger partial charge in [-0.15, -0.1) is 0 Å². The highest BCUT2D eigenvalue weighted by molar-refractivity contribution is 6.03. The van der Waals surface area contributed by atoms with Gasteiger partial charge >= 0.3 is 0 Å². The van der Waals surface area contributed by atoms with Gasteiger partial charge in [-0.2, -0.15) is 0 Å². The number of benzene rings is 3. The van der Waals surface area contributed by atoms with Gasteiger partial charge < -0.3 is 0 Å². The second-order valence-corrected chi connectivity index (χ2v) is 6.35. The first-order valence-electron chi connectivity index (χ1n) is 8.69. The molecule has 0 atom stereocenters. The molecule has 26 heavy (non-hydrogen) atoms. The molecule has 2 nitrogen and oxygen atoms in total. The second kappa shape index (κ2) is 6.08. The number of nitrogens with zero attached hydrogens (tertiary/aromatic N) is 2. The normalized spacial score (nSPS) is 11.1. The standard InChI is InChI=1S/C24H16N2/c1-2-5-17(6-3-1)18-8-10-19(11-9-18)22-15-14-21-13-12-20-7-4-16-25-23(20)24(21)26-22/h1-16H. The molecular formula is C24H16N2. The van der Waals surface area contributed by atoms with Crippen molar-refractivity contribution in [2.24, 2.45) is 0 Å². The first-order chi connectivity index (χ1) is 12.9. The molecule has 0 fully saturated rings. The number of aromatic nitrogens is 2. The Labute approximate surface area is 151 Å². The van der Waals surface area contributed by atoms with Crippen LogP contribution in [-0.2, 0) is 0 Å². The van der Waals surface area contributed by atoms with Gasteiger partial charge in [0.2, 0.25) is 0 Å². The highest BCUT2D eigenvalue weighted by atomic mass is 14.7. The van der Waals surface area contributed by atoms with Crippen LogP contribution >= 0.6 is 0 Å². The number of pyridine rings is 2. The Bertz CT molecular complexity index is 1210. The molecular weight excluding hydrogens is 316 g/mol. The summed E-state index contributed by atoms with van der Waals surface area (Å²) in [6.07, 6.45) is 1.82. The SMILES string of the molecule is c1ccc(-c2ccc(-c3ccc4ccc5cccnc5c4n3)cc2)cc1. The Morgan fingerprint density at radius 1 is 0.462 bits per heavy atom. The van der Waals surface area contributed by atoms with Crippen LogP contribution < -0.4 is 0 Å². The predicted octanol–water partition coefficient (Wildman–Crippen LogP) is 6.12. The molecule has 0 aliphatic heterocycles. The lowest BCUT2D eigenvalue weighted by Crippen LogP contribution is -1.88. The van der Waals surface area contributed by atoms with E-state index in [4.69, 9.17) is 4.98 Å². The summed E-state index contributed by atoms with van der Waals surface area (Å²) in [6.45, 7) is 0. The van der Waals surface area contributed by atoms with Gasteiger partial charge in [0.25, 0.3) is 0 Å². The molecule has 2 heterocycles. The van der Waals surface area contributed by atoms with Crippen LogP contribution in [0.15, 0.2) is 97.2 Å². The Morgan fingerprint density at radius 3 is 1.92 bits per heavy atom. The van der Waals surface area contributed by atoms with E-state index in [9.17, 15) is 0 Å². The van der Waals surface area contributed by atoms with E-state index in [1.807, 2.05) is 18.3 Å². The topological polar surface area (TPSA) is 25.8 Å². The van der Waals surface area contributed by atoms with Crippen molar-refractivity contribution in [1.29, 1.82) is 0 Å². The molecule has 0 aliphatic rings. The van der Waals surface area contributed by atoms with Gasteiger partial charge in [0.05, 0.1) is 16.7 Å². The van der Waals surface area contributed by atoms with Crippen molar-refractivity contribution in [2.75, 3.05) is 0 Å². The van der Waals surface area contributed by atoms with Crippen molar-refractivity contribution < 1.29 is 0 Å². The fourth-order valence-corrected chi connectivity index (χ4v) is 3.35. The van der Waals surface area contributed by atoms with Gasteiger partial charge in [-0.3, -0.25) is 4.98 Å². The van der Waals surface area contributed by atoms with Gasteiger partial charge in [-0.1, -0.05) is 78.9 Å². The van der Waals surface area contributed by atoms with E-state index in [0.717, 1.165) is 33.1 Å². The summed E-state index contributed by atoms with van der Waals surface area (Å²) in [4.78, 5) is 9.45. The molecule has 0 aliphatic carbocycles. The van der Waals surface area contributed by atoms with Gasteiger partial charge in [0.15, 0.2) is 0 Å². The maximum absolute atomic E-state index is 4.91. The van der Waals surface area contributed by atoms with Crippen LogP contribution in [0.4, 0.5) is 0 Å². The molecule has 5 aromatic rings. The maximum atomic E-state index is 4.91. The van der Waals surface area contributed by atoms with Crippen LogP contribution in [0.5, 0.6) is 0 Å². The molecule has 0 bridgehead atoms. The zero-order valence-electron chi connectivity index (χ0n) is 14.1. The van der Waals surface area contributed by atoms with Gasteiger partial charge in [0.1, 0.15) is 0 Å². The molecule has 0 saturated heterocycles. The minimum Gasteiger partial charge on any atom is -0.254 e.